The Morgan fingerprint density at radius 3 is 2.80 bits per heavy atom. The third-order valence-corrected chi connectivity index (χ3v) is 1.64. The average molecular weight is 140 g/mol. The van der Waals surface area contributed by atoms with Crippen LogP contribution < -0.4 is 0 Å². The van der Waals surface area contributed by atoms with Crippen molar-refractivity contribution in [2.45, 2.75) is 44.6 Å². The van der Waals surface area contributed by atoms with Gasteiger partial charge >= 0.3 is 0 Å². The second kappa shape index (κ2) is 4.73. The van der Waals surface area contributed by atoms with E-state index in [1.54, 1.807) is 0 Å². The van der Waals surface area contributed by atoms with E-state index < -0.39 is 0 Å². The van der Waals surface area contributed by atoms with Gasteiger partial charge in [-0.1, -0.05) is 26.2 Å². The van der Waals surface area contributed by atoms with E-state index in [4.69, 9.17) is 4.74 Å². The number of rotatable bonds is 6. The topological polar surface area (TPSA) is 9.23 Å². The highest BCUT2D eigenvalue weighted by Crippen LogP contribution is 2.24. The van der Waals surface area contributed by atoms with Gasteiger partial charge in [0.05, 0.1) is 12.7 Å². The van der Waals surface area contributed by atoms with Gasteiger partial charge in [0.25, 0.3) is 0 Å². The maximum atomic E-state index is 5.35. The highest BCUT2D eigenvalue weighted by Gasteiger charge is 2.21. The summed E-state index contributed by atoms with van der Waals surface area (Å²) in [6.07, 6.45) is 7.74. The Hall–Kier alpha value is -0.0400. The number of unbranched alkanes of at least 4 members (excludes halogenated alkanes) is 3. The van der Waals surface area contributed by atoms with Gasteiger partial charge < -0.3 is 4.74 Å². The van der Waals surface area contributed by atoms with Crippen LogP contribution in [0.2, 0.25) is 0 Å². The molecule has 0 amide bonds. The number of ether oxygens (including phenoxy) is 1. The second-order valence-electron chi connectivity index (χ2n) is 2.85. The molecule has 0 atom stereocenters. The zero-order valence-corrected chi connectivity index (χ0v) is 6.51. The van der Waals surface area contributed by atoms with Crippen LogP contribution in [0.25, 0.3) is 0 Å². The fourth-order valence-corrected chi connectivity index (χ4v) is 0.813. The van der Waals surface area contributed by atoms with Crippen LogP contribution in [-0.4, -0.2) is 6.10 Å². The van der Waals surface area contributed by atoms with Crippen molar-refractivity contribution in [1.82, 2.24) is 0 Å². The van der Waals surface area contributed by atoms with Crippen LogP contribution in [0, 0.1) is 13.5 Å². The summed E-state index contributed by atoms with van der Waals surface area (Å²) in [7, 11) is 0. The predicted octanol–water partition coefficient (Wildman–Crippen LogP) is 2.72. The van der Waals surface area contributed by atoms with E-state index >= 15 is 0 Å². The normalized spacial score (nSPS) is 17.7. The van der Waals surface area contributed by atoms with Crippen molar-refractivity contribution in [3.63, 3.8) is 0 Å². The van der Waals surface area contributed by atoms with E-state index in [0.29, 0.717) is 6.10 Å². The molecule has 1 fully saturated rings. The van der Waals surface area contributed by atoms with Crippen molar-refractivity contribution in [2.24, 2.45) is 0 Å². The van der Waals surface area contributed by atoms with Crippen molar-refractivity contribution in [1.29, 1.82) is 0 Å². The zero-order valence-electron chi connectivity index (χ0n) is 6.51. The molecular formula is C9H16O. The molecule has 1 aliphatic rings. The van der Waals surface area contributed by atoms with E-state index in [-0.39, 0.29) is 0 Å². The van der Waals surface area contributed by atoms with Crippen molar-refractivity contribution in [3.05, 3.63) is 13.5 Å². The molecule has 1 nitrogen and oxygen atoms in total. The minimum absolute atomic E-state index is 0.583. The molecule has 1 aliphatic carbocycles. The third kappa shape index (κ3) is 3.89. The number of hydrogen-bond donors (Lipinski definition) is 0. The zero-order chi connectivity index (χ0) is 7.23. The van der Waals surface area contributed by atoms with Gasteiger partial charge in [0.15, 0.2) is 0 Å². The summed E-state index contributed by atoms with van der Waals surface area (Å²) in [5, 5.41) is 0. The Kier molecular flexibility index (Phi) is 3.81. The lowest BCUT2D eigenvalue weighted by Crippen LogP contribution is -1.89. The van der Waals surface area contributed by atoms with Crippen LogP contribution in [0.4, 0.5) is 0 Å². The molecule has 0 heterocycles. The molecule has 1 heteroatoms. The monoisotopic (exact) mass is 140 g/mol. The van der Waals surface area contributed by atoms with Crippen LogP contribution in [0.3, 0.4) is 0 Å². The summed E-state index contributed by atoms with van der Waals surface area (Å²) in [6.45, 7) is 5.74. The van der Waals surface area contributed by atoms with Crippen LogP contribution in [-0.2, 0) is 4.74 Å². The summed E-state index contributed by atoms with van der Waals surface area (Å²) in [5.41, 5.74) is 0. The Morgan fingerprint density at radius 2 is 2.20 bits per heavy atom. The molecule has 0 aromatic heterocycles. The molecule has 0 spiro atoms. The first-order valence-corrected chi connectivity index (χ1v) is 4.20. The van der Waals surface area contributed by atoms with Crippen LogP contribution in [0.15, 0.2) is 0 Å². The first-order valence-electron chi connectivity index (χ1n) is 4.20. The summed E-state index contributed by atoms with van der Waals surface area (Å²) in [5.74, 6) is 0. The minimum atomic E-state index is 0.583. The predicted molar refractivity (Wildman–Crippen MR) is 42.2 cm³/mol. The lowest BCUT2D eigenvalue weighted by Gasteiger charge is -1.98. The molecular weight excluding hydrogens is 124 g/mol. The summed E-state index contributed by atoms with van der Waals surface area (Å²) >= 11 is 0. The van der Waals surface area contributed by atoms with E-state index in [1.165, 1.54) is 25.7 Å². The first kappa shape index (κ1) is 8.06. The average Bonchev–Trinajstić information content (AvgIpc) is 2.71. The van der Waals surface area contributed by atoms with Gasteiger partial charge in [0, 0.05) is 0 Å². The van der Waals surface area contributed by atoms with E-state index in [1.807, 2.05) is 6.61 Å². The molecule has 10 heavy (non-hydrogen) atoms. The summed E-state index contributed by atoms with van der Waals surface area (Å²) in [6, 6.07) is 0. The molecule has 1 saturated carbocycles. The van der Waals surface area contributed by atoms with E-state index in [2.05, 4.69) is 6.92 Å². The summed E-state index contributed by atoms with van der Waals surface area (Å²) in [4.78, 5) is 0. The standard InChI is InChI=1S/C9H16O/c1-2-3-4-5-8-10-9-6-7-9/h8-9H,1-7H2. The van der Waals surface area contributed by atoms with Crippen LogP contribution in [0.5, 0.6) is 0 Å². The van der Waals surface area contributed by atoms with Crippen molar-refractivity contribution < 1.29 is 4.74 Å². The Bertz CT molecular complexity index is 76.8. The Balaban J connectivity index is 1.68. The van der Waals surface area contributed by atoms with Crippen LogP contribution in [0.1, 0.15) is 38.5 Å². The van der Waals surface area contributed by atoms with Gasteiger partial charge in [-0.2, -0.15) is 0 Å². The lowest BCUT2D eigenvalue weighted by atomic mass is 10.2. The van der Waals surface area contributed by atoms with Gasteiger partial charge in [-0.25, -0.2) is 0 Å². The maximum absolute atomic E-state index is 5.35. The largest absolute Gasteiger partial charge is 0.372 e. The van der Waals surface area contributed by atoms with Gasteiger partial charge in [-0.15, -0.1) is 0 Å². The quantitative estimate of drug-likeness (QED) is 0.515. The molecule has 0 N–H and O–H groups in total. The van der Waals surface area contributed by atoms with Crippen molar-refractivity contribution in [3.8, 4) is 0 Å². The number of hydrogen-bond acceptors (Lipinski definition) is 1. The second-order valence-corrected chi connectivity index (χ2v) is 2.85. The molecule has 0 aromatic carbocycles. The molecule has 2 radical (unpaired) electrons. The molecule has 0 saturated heterocycles. The Labute approximate surface area is 63.8 Å². The molecule has 0 bridgehead atoms. The molecule has 58 valence electrons. The lowest BCUT2D eigenvalue weighted by molar-refractivity contribution is 0.175. The van der Waals surface area contributed by atoms with Gasteiger partial charge in [0.2, 0.25) is 0 Å². The third-order valence-electron chi connectivity index (χ3n) is 1.64. The van der Waals surface area contributed by atoms with Gasteiger partial charge in [0.1, 0.15) is 0 Å². The fraction of sp³-hybridized carbons (Fsp3) is 0.778. The fourth-order valence-electron chi connectivity index (χ4n) is 0.813. The summed E-state index contributed by atoms with van der Waals surface area (Å²) < 4.78 is 5.35. The van der Waals surface area contributed by atoms with Gasteiger partial charge in [-0.3, -0.25) is 0 Å². The molecule has 0 unspecified atom stereocenters. The Morgan fingerprint density at radius 1 is 1.40 bits per heavy atom. The van der Waals surface area contributed by atoms with E-state index in [0.717, 1.165) is 12.8 Å². The van der Waals surface area contributed by atoms with E-state index in [9.17, 15) is 0 Å². The van der Waals surface area contributed by atoms with Crippen molar-refractivity contribution >= 4 is 0 Å². The highest BCUT2D eigenvalue weighted by molar-refractivity contribution is 4.74. The molecule has 1 rings (SSSR count). The first-order chi connectivity index (χ1) is 4.93. The molecule has 0 aliphatic heterocycles. The van der Waals surface area contributed by atoms with Gasteiger partial charge in [-0.05, 0) is 19.3 Å². The van der Waals surface area contributed by atoms with Crippen molar-refractivity contribution in [2.75, 3.05) is 0 Å². The molecule has 0 aromatic rings. The van der Waals surface area contributed by atoms with Crippen LogP contribution >= 0.6 is 0 Å². The minimum Gasteiger partial charge on any atom is -0.372 e. The smallest absolute Gasteiger partial charge is 0.0840 e. The highest BCUT2D eigenvalue weighted by atomic mass is 16.5. The maximum Gasteiger partial charge on any atom is 0.0840 e. The SMILES string of the molecule is [CH2]CCCC[CH]OC1CC1.